The third-order valence-corrected chi connectivity index (χ3v) is 4.96. The summed E-state index contributed by atoms with van der Waals surface area (Å²) in [7, 11) is 1.15. The summed E-state index contributed by atoms with van der Waals surface area (Å²) >= 11 is 0.820. The number of carbonyl (C=O) groups excluding carboxylic acids is 2. The Morgan fingerprint density at radius 2 is 1.91 bits per heavy atom. The van der Waals surface area contributed by atoms with E-state index in [1.807, 2.05) is 0 Å². The number of esters is 1. The first-order valence-corrected chi connectivity index (χ1v) is 9.92. The van der Waals surface area contributed by atoms with Gasteiger partial charge in [-0.3, -0.25) is 20.2 Å². The Hall–Kier alpha value is -4.20. The fourth-order valence-corrected chi connectivity index (χ4v) is 3.21. The Morgan fingerprint density at radius 1 is 1.21 bits per heavy atom. The van der Waals surface area contributed by atoms with Gasteiger partial charge in [0, 0.05) is 23.8 Å². The summed E-state index contributed by atoms with van der Waals surface area (Å²) in [5.41, 5.74) is -1.06. The van der Waals surface area contributed by atoms with Gasteiger partial charge in [-0.05, 0) is 42.1 Å². The molecule has 10 nitrogen and oxygen atoms in total. The summed E-state index contributed by atoms with van der Waals surface area (Å²) in [5.74, 6) is -1.21. The van der Waals surface area contributed by atoms with Gasteiger partial charge in [0.25, 0.3) is 11.6 Å². The first kappa shape index (κ1) is 24.4. The van der Waals surface area contributed by atoms with Crippen LogP contribution in [0.15, 0.2) is 63.6 Å². The van der Waals surface area contributed by atoms with Crippen molar-refractivity contribution in [3.63, 3.8) is 0 Å². The summed E-state index contributed by atoms with van der Waals surface area (Å²) < 4.78 is 48.2. The first-order chi connectivity index (χ1) is 16.1. The van der Waals surface area contributed by atoms with Crippen molar-refractivity contribution < 1.29 is 37.2 Å². The Balaban J connectivity index is 1.83. The van der Waals surface area contributed by atoms with E-state index in [-0.39, 0.29) is 32.8 Å². The normalized spacial score (nSPS) is 16.2. The number of non-ortho nitro benzene ring substituents is 1. The van der Waals surface area contributed by atoms with Crippen LogP contribution >= 0.6 is 11.8 Å². The molecule has 0 spiro atoms. The fourth-order valence-electron chi connectivity index (χ4n) is 2.47. The van der Waals surface area contributed by atoms with Crippen molar-refractivity contribution >= 4 is 40.7 Å². The number of amidine groups is 1. The predicted molar refractivity (Wildman–Crippen MR) is 115 cm³/mol. The summed E-state index contributed by atoms with van der Waals surface area (Å²) in [5, 5.41) is 21.1. The van der Waals surface area contributed by atoms with Gasteiger partial charge in [-0.1, -0.05) is 0 Å². The molecule has 1 N–H and O–H groups in total. The minimum absolute atomic E-state index is 0.0301. The predicted octanol–water partition coefficient (Wildman–Crippen LogP) is 4.02. The largest absolute Gasteiger partial charge is 0.466 e. The molecule has 2 aromatic rings. The summed E-state index contributed by atoms with van der Waals surface area (Å²) in [6, 6.07) is 7.41. The Labute approximate surface area is 193 Å². The number of rotatable bonds is 6. The van der Waals surface area contributed by atoms with Gasteiger partial charge in [-0.15, -0.1) is 5.10 Å². The highest BCUT2D eigenvalue weighted by Gasteiger charge is 2.30. The zero-order valence-electron chi connectivity index (χ0n) is 17.0. The van der Waals surface area contributed by atoms with Gasteiger partial charge in [0.05, 0.1) is 28.7 Å². The van der Waals surface area contributed by atoms with Crippen LogP contribution in [0.2, 0.25) is 0 Å². The minimum atomic E-state index is -4.51. The second-order valence-electron chi connectivity index (χ2n) is 6.34. The molecule has 14 heteroatoms. The van der Waals surface area contributed by atoms with E-state index in [0.29, 0.717) is 0 Å². The third kappa shape index (κ3) is 6.19. The van der Waals surface area contributed by atoms with E-state index >= 15 is 0 Å². The molecule has 3 rings (SSSR count). The number of hydrogen-bond acceptors (Lipinski definition) is 9. The molecule has 1 aliphatic heterocycles. The molecule has 2 aromatic carbocycles. The quantitative estimate of drug-likeness (QED) is 0.211. The number of alkyl halides is 3. The zero-order chi connectivity index (χ0) is 24.9. The molecule has 0 unspecified atom stereocenters. The van der Waals surface area contributed by atoms with E-state index in [0.717, 1.165) is 67.6 Å². The number of halogens is 3. The number of nitrogens with zero attached hydrogens (tertiary/aromatic N) is 3. The lowest BCUT2D eigenvalue weighted by Gasteiger charge is -2.10. The number of nitro groups is 1. The standard InChI is InChI=1S/C20H13F3N4O6S/c1-32-17(28)9-16-18(29)25-19(34-16)26-24-10-11-8-13(27(30)31)4-7-15(11)33-14-5-2-12(3-6-14)20(21,22)23/h2-10H,1H3,(H,25,26,29)/b16-9+,24-10?. The van der Waals surface area contributed by atoms with Crippen LogP contribution in [0.25, 0.3) is 0 Å². The molecule has 1 heterocycles. The van der Waals surface area contributed by atoms with Gasteiger partial charge in [0.15, 0.2) is 5.17 Å². The number of benzene rings is 2. The van der Waals surface area contributed by atoms with Gasteiger partial charge in [-0.25, -0.2) is 4.79 Å². The van der Waals surface area contributed by atoms with Crippen LogP contribution in [0.5, 0.6) is 11.5 Å². The van der Waals surface area contributed by atoms with E-state index < -0.39 is 28.5 Å². The van der Waals surface area contributed by atoms with Crippen LogP contribution in [0.4, 0.5) is 18.9 Å². The van der Waals surface area contributed by atoms with E-state index in [1.165, 1.54) is 6.07 Å². The molecule has 0 aromatic heterocycles. The second-order valence-corrected chi connectivity index (χ2v) is 7.37. The van der Waals surface area contributed by atoms with E-state index in [1.54, 1.807) is 0 Å². The number of nitro benzene ring substituents is 1. The van der Waals surface area contributed by atoms with Gasteiger partial charge in [-0.2, -0.15) is 18.3 Å². The average molecular weight is 494 g/mol. The van der Waals surface area contributed by atoms with Gasteiger partial charge in [0.2, 0.25) is 0 Å². The maximum Gasteiger partial charge on any atom is 0.416 e. The maximum atomic E-state index is 12.7. The lowest BCUT2D eigenvalue weighted by atomic mass is 10.2. The minimum Gasteiger partial charge on any atom is -0.466 e. The van der Waals surface area contributed by atoms with Crippen LogP contribution in [0, 0.1) is 10.1 Å². The summed E-state index contributed by atoms with van der Waals surface area (Å²) in [6.07, 6.45) is -2.43. The lowest BCUT2D eigenvalue weighted by molar-refractivity contribution is -0.384. The van der Waals surface area contributed by atoms with Crippen molar-refractivity contribution in [2.45, 2.75) is 6.18 Å². The highest BCUT2D eigenvalue weighted by molar-refractivity contribution is 8.18. The molecule has 1 aliphatic rings. The Bertz CT molecular complexity index is 1230. The molecule has 0 saturated carbocycles. The fraction of sp³-hybridized carbons (Fsp3) is 0.100. The van der Waals surface area contributed by atoms with Crippen LogP contribution in [0.1, 0.15) is 11.1 Å². The van der Waals surface area contributed by atoms with E-state index in [2.05, 4.69) is 20.3 Å². The number of methoxy groups -OCH3 is 1. The Kier molecular flexibility index (Phi) is 7.31. The molecule has 1 saturated heterocycles. The molecule has 0 atom stereocenters. The van der Waals surface area contributed by atoms with E-state index in [9.17, 15) is 32.9 Å². The highest BCUT2D eigenvalue weighted by Crippen LogP contribution is 2.33. The van der Waals surface area contributed by atoms with Crippen LogP contribution in [-0.2, 0) is 20.5 Å². The smallest absolute Gasteiger partial charge is 0.416 e. The third-order valence-electron chi connectivity index (χ3n) is 4.06. The molecule has 176 valence electrons. The number of amides is 1. The molecule has 1 fully saturated rings. The molecule has 1 amide bonds. The van der Waals surface area contributed by atoms with Gasteiger partial charge >= 0.3 is 12.1 Å². The van der Waals surface area contributed by atoms with Crippen molar-refractivity contribution in [1.29, 1.82) is 0 Å². The number of carbonyl (C=O) groups is 2. The topological polar surface area (TPSA) is 132 Å². The van der Waals surface area contributed by atoms with Crippen molar-refractivity contribution in [1.82, 2.24) is 5.32 Å². The maximum absolute atomic E-state index is 12.7. The molecule has 34 heavy (non-hydrogen) atoms. The zero-order valence-corrected chi connectivity index (χ0v) is 17.8. The van der Waals surface area contributed by atoms with Crippen molar-refractivity contribution in [2.24, 2.45) is 10.2 Å². The van der Waals surface area contributed by atoms with Crippen molar-refractivity contribution in [3.8, 4) is 11.5 Å². The summed E-state index contributed by atoms with van der Waals surface area (Å²) in [4.78, 5) is 33.6. The molecular weight excluding hydrogens is 481 g/mol. The second kappa shape index (κ2) is 10.2. The number of ether oxygens (including phenoxy) is 2. The highest BCUT2D eigenvalue weighted by atomic mass is 32.2. The molecule has 0 bridgehead atoms. The number of thioether (sulfide) groups is 1. The lowest BCUT2D eigenvalue weighted by Crippen LogP contribution is -2.19. The van der Waals surface area contributed by atoms with Crippen LogP contribution in [0.3, 0.4) is 0 Å². The van der Waals surface area contributed by atoms with Crippen molar-refractivity contribution in [2.75, 3.05) is 7.11 Å². The SMILES string of the molecule is COC(=O)/C=C1/S/C(=N\N=Cc2cc([N+](=O)[O-])ccc2Oc2ccc(C(F)(F)F)cc2)NC1=O. The monoisotopic (exact) mass is 494 g/mol. The van der Waals surface area contributed by atoms with Gasteiger partial charge < -0.3 is 9.47 Å². The number of hydrogen-bond donors (Lipinski definition) is 1. The molecule has 0 aliphatic carbocycles. The Morgan fingerprint density at radius 3 is 2.53 bits per heavy atom. The molecular formula is C20H13F3N4O6S. The van der Waals surface area contributed by atoms with Gasteiger partial charge in [0.1, 0.15) is 11.5 Å². The first-order valence-electron chi connectivity index (χ1n) is 9.10. The summed E-state index contributed by atoms with van der Waals surface area (Å²) in [6.45, 7) is 0. The van der Waals surface area contributed by atoms with Crippen LogP contribution in [-0.4, -0.2) is 35.3 Å². The van der Waals surface area contributed by atoms with E-state index in [4.69, 9.17) is 4.74 Å². The number of nitrogens with one attached hydrogen (secondary N) is 1. The van der Waals surface area contributed by atoms with Crippen LogP contribution < -0.4 is 10.1 Å². The van der Waals surface area contributed by atoms with Crippen molar-refractivity contribution in [3.05, 3.63) is 74.7 Å². The molecule has 0 radical (unpaired) electrons. The average Bonchev–Trinajstić information content (AvgIpc) is 3.13.